The van der Waals surface area contributed by atoms with Crippen molar-refractivity contribution in [3.05, 3.63) is 22.8 Å². The van der Waals surface area contributed by atoms with E-state index in [-0.39, 0.29) is 5.97 Å². The summed E-state index contributed by atoms with van der Waals surface area (Å²) in [5.74, 6) is -0.142. The molecule has 2 nitrogen and oxygen atoms in total. The van der Waals surface area contributed by atoms with Crippen molar-refractivity contribution in [2.75, 3.05) is 6.61 Å². The molecule has 2 heteroatoms. The van der Waals surface area contributed by atoms with Gasteiger partial charge in [-0.2, -0.15) is 0 Å². The van der Waals surface area contributed by atoms with E-state index in [0.29, 0.717) is 6.61 Å². The highest BCUT2D eigenvalue weighted by Gasteiger charge is 2.17. The highest BCUT2D eigenvalue weighted by atomic mass is 16.5. The Kier molecular flexibility index (Phi) is 3.93. The zero-order valence-corrected chi connectivity index (χ0v) is 9.22. The Morgan fingerprint density at radius 1 is 1.43 bits per heavy atom. The first-order chi connectivity index (χ1) is 6.69. The summed E-state index contributed by atoms with van der Waals surface area (Å²) in [5, 5.41) is 0. The highest BCUT2D eigenvalue weighted by molar-refractivity contribution is 5.90. The lowest BCUT2D eigenvalue weighted by Gasteiger charge is -2.16. The zero-order chi connectivity index (χ0) is 10.6. The van der Waals surface area contributed by atoms with Crippen molar-refractivity contribution in [2.24, 2.45) is 0 Å². The number of hydrogen-bond donors (Lipinski definition) is 0. The van der Waals surface area contributed by atoms with Gasteiger partial charge >= 0.3 is 5.97 Å². The molecule has 0 fully saturated rings. The highest BCUT2D eigenvalue weighted by Crippen LogP contribution is 2.26. The molecule has 0 bridgehead atoms. The lowest BCUT2D eigenvalue weighted by molar-refractivity contribution is -0.138. The minimum Gasteiger partial charge on any atom is -0.463 e. The molecule has 1 aliphatic carbocycles. The van der Waals surface area contributed by atoms with Crippen LogP contribution < -0.4 is 0 Å². The van der Waals surface area contributed by atoms with E-state index in [9.17, 15) is 4.79 Å². The van der Waals surface area contributed by atoms with E-state index in [1.807, 2.05) is 13.8 Å². The van der Waals surface area contributed by atoms with Gasteiger partial charge in [0.05, 0.1) is 6.61 Å². The van der Waals surface area contributed by atoms with E-state index >= 15 is 0 Å². The maximum atomic E-state index is 11.5. The molecule has 0 spiro atoms. The van der Waals surface area contributed by atoms with Gasteiger partial charge in [-0.25, -0.2) is 4.79 Å². The van der Waals surface area contributed by atoms with Crippen molar-refractivity contribution in [1.82, 2.24) is 0 Å². The summed E-state index contributed by atoms with van der Waals surface area (Å²) >= 11 is 0. The summed E-state index contributed by atoms with van der Waals surface area (Å²) in [4.78, 5) is 11.5. The van der Waals surface area contributed by atoms with Gasteiger partial charge in [0.15, 0.2) is 0 Å². The quantitative estimate of drug-likeness (QED) is 0.645. The van der Waals surface area contributed by atoms with Gasteiger partial charge in [-0.15, -0.1) is 0 Å². The first-order valence-electron chi connectivity index (χ1n) is 5.25. The van der Waals surface area contributed by atoms with E-state index in [4.69, 9.17) is 4.74 Å². The Bertz CT molecular complexity index is 285. The summed E-state index contributed by atoms with van der Waals surface area (Å²) in [5.41, 5.74) is 3.35. The lowest BCUT2D eigenvalue weighted by atomic mass is 9.92. The summed E-state index contributed by atoms with van der Waals surface area (Å²) < 4.78 is 4.99. The molecular formula is C12H18O2. The molecule has 0 saturated carbocycles. The molecule has 0 aromatic heterocycles. The van der Waals surface area contributed by atoms with Crippen molar-refractivity contribution in [2.45, 2.75) is 40.0 Å². The second-order valence-electron chi connectivity index (χ2n) is 3.54. The van der Waals surface area contributed by atoms with E-state index in [2.05, 4.69) is 13.0 Å². The van der Waals surface area contributed by atoms with Crippen molar-refractivity contribution in [1.29, 1.82) is 0 Å². The monoisotopic (exact) mass is 194 g/mol. The van der Waals surface area contributed by atoms with E-state index in [0.717, 1.165) is 30.4 Å². The van der Waals surface area contributed by atoms with Crippen LogP contribution in [0.3, 0.4) is 0 Å². The fourth-order valence-electron chi connectivity index (χ4n) is 1.71. The first-order valence-corrected chi connectivity index (χ1v) is 5.25. The molecule has 0 aromatic carbocycles. The van der Waals surface area contributed by atoms with E-state index in [1.54, 1.807) is 0 Å². The second kappa shape index (κ2) is 4.99. The van der Waals surface area contributed by atoms with Crippen LogP contribution in [0.15, 0.2) is 22.8 Å². The molecule has 0 radical (unpaired) electrons. The molecule has 0 N–H and O–H groups in total. The maximum absolute atomic E-state index is 11.5. The Hall–Kier alpha value is -1.05. The van der Waals surface area contributed by atoms with Crippen LogP contribution in [-0.2, 0) is 9.53 Å². The van der Waals surface area contributed by atoms with Crippen molar-refractivity contribution < 1.29 is 9.53 Å². The summed E-state index contributed by atoms with van der Waals surface area (Å²) in [6, 6.07) is 0. The predicted octanol–water partition coefficient (Wildman–Crippen LogP) is 3.00. The van der Waals surface area contributed by atoms with Crippen LogP contribution in [0.25, 0.3) is 0 Å². The minimum absolute atomic E-state index is 0.142. The van der Waals surface area contributed by atoms with Gasteiger partial charge in [0, 0.05) is 5.57 Å². The minimum atomic E-state index is -0.142. The number of carbonyl (C=O) groups excluding carboxylic acids is 1. The molecule has 0 amide bonds. The van der Waals surface area contributed by atoms with Crippen molar-refractivity contribution >= 4 is 5.97 Å². The number of hydrogen-bond acceptors (Lipinski definition) is 2. The Balaban J connectivity index is 2.79. The number of allylic oxidation sites excluding steroid dienone is 3. The molecule has 0 atom stereocenters. The standard InChI is InChI=1S/C12H18O2/c1-4-10-6-7-11(9(3)8-10)12(13)14-5-2/h8H,4-7H2,1-3H3. The SMILES string of the molecule is CCOC(=O)C1=C(C)C=C(CC)CC1. The predicted molar refractivity (Wildman–Crippen MR) is 56.9 cm³/mol. The van der Waals surface area contributed by atoms with Gasteiger partial charge in [-0.1, -0.05) is 18.6 Å². The molecule has 0 saturated heterocycles. The molecule has 1 aliphatic rings. The largest absolute Gasteiger partial charge is 0.463 e. The molecular weight excluding hydrogens is 176 g/mol. The topological polar surface area (TPSA) is 26.3 Å². The number of carbonyl (C=O) groups is 1. The normalized spacial score (nSPS) is 16.6. The van der Waals surface area contributed by atoms with Gasteiger partial charge in [-0.05, 0) is 38.7 Å². The second-order valence-corrected chi connectivity index (χ2v) is 3.54. The first kappa shape index (κ1) is 11.0. The average Bonchev–Trinajstić information content (AvgIpc) is 2.17. The Labute approximate surface area is 85.6 Å². The Morgan fingerprint density at radius 3 is 2.64 bits per heavy atom. The molecule has 0 unspecified atom stereocenters. The summed E-state index contributed by atoms with van der Waals surface area (Å²) in [6.07, 6.45) is 5.04. The maximum Gasteiger partial charge on any atom is 0.334 e. The zero-order valence-electron chi connectivity index (χ0n) is 9.22. The third-order valence-electron chi connectivity index (χ3n) is 2.57. The third-order valence-corrected chi connectivity index (χ3v) is 2.57. The van der Waals surface area contributed by atoms with Crippen LogP contribution in [-0.4, -0.2) is 12.6 Å². The van der Waals surface area contributed by atoms with Crippen molar-refractivity contribution in [3.8, 4) is 0 Å². The van der Waals surface area contributed by atoms with Gasteiger partial charge in [0.1, 0.15) is 0 Å². The van der Waals surface area contributed by atoms with Crippen LogP contribution in [0.4, 0.5) is 0 Å². The average molecular weight is 194 g/mol. The van der Waals surface area contributed by atoms with Gasteiger partial charge in [0.25, 0.3) is 0 Å². The molecule has 0 heterocycles. The van der Waals surface area contributed by atoms with Crippen LogP contribution in [0.5, 0.6) is 0 Å². The molecule has 0 aromatic rings. The lowest BCUT2D eigenvalue weighted by Crippen LogP contribution is -2.11. The Morgan fingerprint density at radius 2 is 2.14 bits per heavy atom. The number of ether oxygens (including phenoxy) is 1. The van der Waals surface area contributed by atoms with Crippen LogP contribution in [0, 0.1) is 0 Å². The van der Waals surface area contributed by atoms with Crippen molar-refractivity contribution in [3.63, 3.8) is 0 Å². The smallest absolute Gasteiger partial charge is 0.334 e. The summed E-state index contributed by atoms with van der Waals surface area (Å²) in [6.45, 7) is 6.43. The van der Waals surface area contributed by atoms with Crippen LogP contribution >= 0.6 is 0 Å². The van der Waals surface area contributed by atoms with E-state index < -0.39 is 0 Å². The van der Waals surface area contributed by atoms with Crippen LogP contribution in [0.1, 0.15) is 40.0 Å². The van der Waals surface area contributed by atoms with Gasteiger partial charge in [-0.3, -0.25) is 0 Å². The molecule has 14 heavy (non-hydrogen) atoms. The van der Waals surface area contributed by atoms with Gasteiger partial charge in [0.2, 0.25) is 0 Å². The number of rotatable bonds is 3. The van der Waals surface area contributed by atoms with E-state index in [1.165, 1.54) is 5.57 Å². The molecule has 78 valence electrons. The number of esters is 1. The summed E-state index contributed by atoms with van der Waals surface area (Å²) in [7, 11) is 0. The fourth-order valence-corrected chi connectivity index (χ4v) is 1.71. The molecule has 1 rings (SSSR count). The fraction of sp³-hybridized carbons (Fsp3) is 0.583. The molecule has 0 aliphatic heterocycles. The third kappa shape index (κ3) is 2.47. The van der Waals surface area contributed by atoms with Gasteiger partial charge < -0.3 is 4.74 Å². The van der Waals surface area contributed by atoms with Crippen LogP contribution in [0.2, 0.25) is 0 Å².